The molecular weight excluding hydrogens is 245 g/mol. The molecule has 1 unspecified atom stereocenters. The Balaban J connectivity index is 2.35. The summed E-state index contributed by atoms with van der Waals surface area (Å²) >= 11 is 0. The molecule has 0 aromatic heterocycles. The maximum Gasteiger partial charge on any atom is 0.158 e. The van der Waals surface area contributed by atoms with E-state index in [0.29, 0.717) is 13.2 Å². The van der Waals surface area contributed by atoms with E-state index in [9.17, 15) is 4.39 Å². The standard InChI is InChI=1S/C15H24FNO2/c1-4-18-15(19-5-2)9-10-17-12(3)13-7-6-8-14(16)11-13/h6-8,11-12,15,17H,4-5,9-10H2,1-3H3. The fraction of sp³-hybridized carbons (Fsp3) is 0.600. The number of nitrogens with one attached hydrogen (secondary N) is 1. The fourth-order valence-corrected chi connectivity index (χ4v) is 1.90. The maximum absolute atomic E-state index is 13.1. The van der Waals surface area contributed by atoms with Crippen molar-refractivity contribution in [3.05, 3.63) is 35.6 Å². The monoisotopic (exact) mass is 269 g/mol. The zero-order valence-corrected chi connectivity index (χ0v) is 12.0. The Morgan fingerprint density at radius 2 is 1.89 bits per heavy atom. The van der Waals surface area contributed by atoms with E-state index >= 15 is 0 Å². The third-order valence-electron chi connectivity index (χ3n) is 2.88. The first kappa shape index (κ1) is 16.1. The van der Waals surface area contributed by atoms with Gasteiger partial charge in [-0.15, -0.1) is 0 Å². The lowest BCUT2D eigenvalue weighted by Gasteiger charge is -2.19. The smallest absolute Gasteiger partial charge is 0.158 e. The first-order valence-electron chi connectivity index (χ1n) is 6.89. The van der Waals surface area contributed by atoms with Crippen LogP contribution in [0.4, 0.5) is 4.39 Å². The molecule has 0 fully saturated rings. The third kappa shape index (κ3) is 6.14. The Morgan fingerprint density at radius 3 is 2.47 bits per heavy atom. The van der Waals surface area contributed by atoms with Crippen LogP contribution in [0.2, 0.25) is 0 Å². The summed E-state index contributed by atoms with van der Waals surface area (Å²) in [5.41, 5.74) is 0.948. The number of rotatable bonds is 9. The second kappa shape index (κ2) is 9.02. The molecule has 0 bridgehead atoms. The second-order valence-corrected chi connectivity index (χ2v) is 4.36. The third-order valence-corrected chi connectivity index (χ3v) is 2.88. The zero-order chi connectivity index (χ0) is 14.1. The SMILES string of the molecule is CCOC(CCNC(C)c1cccc(F)c1)OCC. The Labute approximate surface area is 115 Å². The topological polar surface area (TPSA) is 30.5 Å². The Kier molecular flexibility index (Phi) is 7.63. The minimum absolute atomic E-state index is 0.111. The molecule has 0 amide bonds. The van der Waals surface area contributed by atoms with Gasteiger partial charge in [-0.2, -0.15) is 0 Å². The summed E-state index contributed by atoms with van der Waals surface area (Å²) in [5.74, 6) is -0.201. The molecule has 0 aliphatic heterocycles. The zero-order valence-electron chi connectivity index (χ0n) is 12.0. The molecule has 0 saturated heterocycles. The van der Waals surface area contributed by atoms with Gasteiger partial charge in [-0.1, -0.05) is 12.1 Å². The number of hydrogen-bond acceptors (Lipinski definition) is 3. The lowest BCUT2D eigenvalue weighted by atomic mass is 10.1. The number of hydrogen-bond donors (Lipinski definition) is 1. The molecule has 4 heteroatoms. The van der Waals surface area contributed by atoms with E-state index in [4.69, 9.17) is 9.47 Å². The van der Waals surface area contributed by atoms with Crippen molar-refractivity contribution >= 4 is 0 Å². The van der Waals surface area contributed by atoms with Crippen LogP contribution in [0.25, 0.3) is 0 Å². The summed E-state index contributed by atoms with van der Waals surface area (Å²) in [6.45, 7) is 7.98. The highest BCUT2D eigenvalue weighted by molar-refractivity contribution is 5.19. The van der Waals surface area contributed by atoms with Crippen LogP contribution in [-0.4, -0.2) is 26.0 Å². The lowest BCUT2D eigenvalue weighted by Crippen LogP contribution is -2.26. The van der Waals surface area contributed by atoms with Crippen LogP contribution in [0, 0.1) is 5.82 Å². The minimum Gasteiger partial charge on any atom is -0.353 e. The molecule has 1 rings (SSSR count). The van der Waals surface area contributed by atoms with Gasteiger partial charge in [0.2, 0.25) is 0 Å². The highest BCUT2D eigenvalue weighted by atomic mass is 19.1. The van der Waals surface area contributed by atoms with E-state index in [1.54, 1.807) is 12.1 Å². The van der Waals surface area contributed by atoms with Crippen LogP contribution in [0.15, 0.2) is 24.3 Å². The Hall–Kier alpha value is -0.970. The highest BCUT2D eigenvalue weighted by Crippen LogP contribution is 2.13. The molecule has 1 aromatic rings. The molecule has 1 aromatic carbocycles. The molecular formula is C15H24FNO2. The average molecular weight is 269 g/mol. The first-order valence-corrected chi connectivity index (χ1v) is 6.89. The normalized spacial score (nSPS) is 12.9. The molecule has 0 radical (unpaired) electrons. The van der Waals surface area contributed by atoms with Crippen molar-refractivity contribution < 1.29 is 13.9 Å². The van der Waals surface area contributed by atoms with Crippen molar-refractivity contribution in [2.45, 2.75) is 39.5 Å². The largest absolute Gasteiger partial charge is 0.353 e. The summed E-state index contributed by atoms with van der Waals surface area (Å²) in [4.78, 5) is 0. The molecule has 0 aliphatic carbocycles. The van der Waals surface area contributed by atoms with Crippen LogP contribution in [-0.2, 0) is 9.47 Å². The summed E-state index contributed by atoms with van der Waals surface area (Å²) < 4.78 is 24.0. The number of halogens is 1. The van der Waals surface area contributed by atoms with Gasteiger partial charge in [-0.05, 0) is 38.5 Å². The van der Waals surface area contributed by atoms with Crippen LogP contribution in [0.3, 0.4) is 0 Å². The van der Waals surface area contributed by atoms with Gasteiger partial charge in [-0.3, -0.25) is 0 Å². The van der Waals surface area contributed by atoms with Crippen molar-refractivity contribution in [1.29, 1.82) is 0 Å². The molecule has 108 valence electrons. The van der Waals surface area contributed by atoms with Crippen LogP contribution >= 0.6 is 0 Å². The van der Waals surface area contributed by atoms with Gasteiger partial charge in [0.05, 0.1) is 0 Å². The number of ether oxygens (including phenoxy) is 2. The van der Waals surface area contributed by atoms with Gasteiger partial charge in [-0.25, -0.2) is 4.39 Å². The van der Waals surface area contributed by atoms with Crippen molar-refractivity contribution in [1.82, 2.24) is 5.32 Å². The summed E-state index contributed by atoms with van der Waals surface area (Å²) in [6, 6.07) is 6.77. The van der Waals surface area contributed by atoms with Gasteiger partial charge in [0.15, 0.2) is 6.29 Å². The maximum atomic E-state index is 13.1. The predicted octanol–water partition coefficient (Wildman–Crippen LogP) is 3.27. The molecule has 0 spiro atoms. The van der Waals surface area contributed by atoms with Crippen LogP contribution in [0.5, 0.6) is 0 Å². The summed E-state index contributed by atoms with van der Waals surface area (Å²) in [5, 5.41) is 3.35. The van der Waals surface area contributed by atoms with Gasteiger partial charge in [0.1, 0.15) is 5.82 Å². The van der Waals surface area contributed by atoms with E-state index in [-0.39, 0.29) is 18.1 Å². The molecule has 0 heterocycles. The summed E-state index contributed by atoms with van der Waals surface area (Å²) in [7, 11) is 0. The van der Waals surface area contributed by atoms with E-state index in [2.05, 4.69) is 5.32 Å². The Bertz CT molecular complexity index is 354. The van der Waals surface area contributed by atoms with Crippen molar-refractivity contribution in [3.63, 3.8) is 0 Å². The van der Waals surface area contributed by atoms with Gasteiger partial charge in [0, 0.05) is 32.2 Å². The van der Waals surface area contributed by atoms with Crippen molar-refractivity contribution in [2.75, 3.05) is 19.8 Å². The van der Waals surface area contributed by atoms with E-state index in [1.807, 2.05) is 26.8 Å². The second-order valence-electron chi connectivity index (χ2n) is 4.36. The van der Waals surface area contributed by atoms with Crippen molar-refractivity contribution in [3.8, 4) is 0 Å². The van der Waals surface area contributed by atoms with Gasteiger partial charge in [0.25, 0.3) is 0 Å². The summed E-state index contributed by atoms with van der Waals surface area (Å²) in [6.07, 6.45) is 0.614. The van der Waals surface area contributed by atoms with Crippen LogP contribution in [0.1, 0.15) is 38.8 Å². The van der Waals surface area contributed by atoms with Gasteiger partial charge < -0.3 is 14.8 Å². The molecule has 19 heavy (non-hydrogen) atoms. The molecule has 0 aliphatic rings. The molecule has 3 nitrogen and oxygen atoms in total. The molecule has 1 atom stereocenters. The molecule has 1 N–H and O–H groups in total. The lowest BCUT2D eigenvalue weighted by molar-refractivity contribution is -0.138. The van der Waals surface area contributed by atoms with Crippen molar-refractivity contribution in [2.24, 2.45) is 0 Å². The molecule has 0 saturated carbocycles. The van der Waals surface area contributed by atoms with E-state index in [0.717, 1.165) is 18.5 Å². The average Bonchev–Trinajstić information content (AvgIpc) is 2.39. The first-order chi connectivity index (χ1) is 9.17. The minimum atomic E-state index is -0.201. The highest BCUT2D eigenvalue weighted by Gasteiger charge is 2.10. The van der Waals surface area contributed by atoms with E-state index < -0.39 is 0 Å². The van der Waals surface area contributed by atoms with Crippen LogP contribution < -0.4 is 5.32 Å². The Morgan fingerprint density at radius 1 is 1.21 bits per heavy atom. The fourth-order valence-electron chi connectivity index (χ4n) is 1.90. The quantitative estimate of drug-likeness (QED) is 0.698. The predicted molar refractivity (Wildman–Crippen MR) is 74.5 cm³/mol. The van der Waals surface area contributed by atoms with E-state index in [1.165, 1.54) is 6.07 Å². The number of benzene rings is 1. The van der Waals surface area contributed by atoms with Gasteiger partial charge >= 0.3 is 0 Å².